The number of rotatable bonds is 7. The van der Waals surface area contributed by atoms with E-state index in [2.05, 4.69) is 59.8 Å². The Bertz CT molecular complexity index is 1500. The van der Waals surface area contributed by atoms with Gasteiger partial charge in [-0.1, -0.05) is 46.8 Å². The summed E-state index contributed by atoms with van der Waals surface area (Å²) in [5.74, 6) is 0.698. The van der Waals surface area contributed by atoms with Crippen molar-refractivity contribution in [2.45, 2.75) is 71.1 Å². The number of pyridine rings is 1. The van der Waals surface area contributed by atoms with Crippen molar-refractivity contribution in [3.05, 3.63) is 110 Å². The Hall–Kier alpha value is -3.05. The molecule has 0 amide bonds. The molecule has 3 aromatic rings. The second kappa shape index (κ2) is 13.3. The van der Waals surface area contributed by atoms with Crippen molar-refractivity contribution < 1.29 is 13.5 Å². The molecule has 3 aliphatic carbocycles. The van der Waals surface area contributed by atoms with Crippen LogP contribution in [0.5, 0.6) is 0 Å². The Kier molecular flexibility index (Phi) is 9.54. The summed E-state index contributed by atoms with van der Waals surface area (Å²) in [6.07, 6.45) is 13.1. The van der Waals surface area contributed by atoms with Gasteiger partial charge in [-0.2, -0.15) is 0 Å². The number of allylic oxidation sites excluding steroid dienone is 3. The minimum atomic E-state index is -0.493. The quantitative estimate of drug-likeness (QED) is 0.246. The second-order valence-corrected chi connectivity index (χ2v) is 12.3. The standard InChI is InChI=1S/C26H28BrNO.C10H10F2/c1-4-18-13-15-24(28-25(18)26(29-3)19-8-7-9-19)22-11-6-5-10-21(22)23-16-20(27)14-12-17(23)2;11-9-4-3-8(10(12)6-9)5-7-1-2-7/h4,12-16H,1,5-11H2,2-3H3;3-4,6-7H,1-2,5H2. The second-order valence-electron chi connectivity index (χ2n) is 11.3. The fourth-order valence-electron chi connectivity index (χ4n) is 5.70. The van der Waals surface area contributed by atoms with E-state index in [4.69, 9.17) is 9.72 Å². The van der Waals surface area contributed by atoms with Gasteiger partial charge in [0.2, 0.25) is 0 Å². The zero-order valence-corrected chi connectivity index (χ0v) is 25.6. The lowest BCUT2D eigenvalue weighted by atomic mass is 9.84. The van der Waals surface area contributed by atoms with Gasteiger partial charge in [-0.3, -0.25) is 0 Å². The van der Waals surface area contributed by atoms with Crippen LogP contribution in [0.25, 0.3) is 23.0 Å². The van der Waals surface area contributed by atoms with Gasteiger partial charge in [-0.15, -0.1) is 0 Å². The molecule has 0 saturated heterocycles. The normalized spacial score (nSPS) is 16.5. The fourth-order valence-corrected chi connectivity index (χ4v) is 6.06. The van der Waals surface area contributed by atoms with E-state index in [1.165, 1.54) is 66.0 Å². The third-order valence-corrected chi connectivity index (χ3v) is 8.86. The van der Waals surface area contributed by atoms with Crippen LogP contribution >= 0.6 is 15.9 Å². The number of nitrogens with zero attached hydrogens (tertiary/aromatic N) is 1. The highest BCUT2D eigenvalue weighted by Gasteiger charge is 2.24. The number of hydrogen-bond donors (Lipinski definition) is 0. The van der Waals surface area contributed by atoms with Crippen LogP contribution in [0.1, 0.15) is 91.4 Å². The summed E-state index contributed by atoms with van der Waals surface area (Å²) in [6, 6.07) is 14.7. The van der Waals surface area contributed by atoms with Crippen LogP contribution in [0.4, 0.5) is 8.78 Å². The molecule has 2 fully saturated rings. The lowest BCUT2D eigenvalue weighted by Crippen LogP contribution is -2.08. The summed E-state index contributed by atoms with van der Waals surface area (Å²) < 4.78 is 32.4. The third kappa shape index (κ3) is 7.06. The molecule has 1 heterocycles. The summed E-state index contributed by atoms with van der Waals surface area (Å²) in [6.45, 7) is 6.20. The van der Waals surface area contributed by atoms with Gasteiger partial charge in [0.1, 0.15) is 23.1 Å². The summed E-state index contributed by atoms with van der Waals surface area (Å²) in [5.41, 5.74) is 10.6. The molecular weight excluding hydrogens is 580 g/mol. The summed E-state index contributed by atoms with van der Waals surface area (Å²) in [4.78, 5) is 5.15. The maximum Gasteiger partial charge on any atom is 0.144 e. The predicted molar refractivity (Wildman–Crippen MR) is 169 cm³/mol. The summed E-state index contributed by atoms with van der Waals surface area (Å²) in [7, 11) is 1.76. The van der Waals surface area contributed by atoms with Crippen LogP contribution in [0.15, 0.2) is 65.2 Å². The van der Waals surface area contributed by atoms with Gasteiger partial charge in [0.05, 0.1) is 12.8 Å². The Balaban J connectivity index is 0.000000234. The Labute approximate surface area is 251 Å². The number of aryl methyl sites for hydroxylation is 1. The monoisotopic (exact) mass is 617 g/mol. The molecule has 3 aliphatic rings. The molecular formula is C36H38BrF2NO. The van der Waals surface area contributed by atoms with Crippen LogP contribution in [0.3, 0.4) is 0 Å². The molecule has 214 valence electrons. The van der Waals surface area contributed by atoms with Crippen molar-refractivity contribution in [3.63, 3.8) is 0 Å². The SMILES string of the molecule is C=Cc1ccc(C2=C(c3cc(Br)ccc3C)CCCC2)nc1C(OC)=C1CCC1.Fc1ccc(CC2CC2)c(F)c1. The predicted octanol–water partition coefficient (Wildman–Crippen LogP) is 10.7. The van der Waals surface area contributed by atoms with E-state index in [0.29, 0.717) is 11.5 Å². The van der Waals surface area contributed by atoms with Crippen LogP contribution in [0, 0.1) is 24.5 Å². The van der Waals surface area contributed by atoms with Crippen molar-refractivity contribution in [3.8, 4) is 0 Å². The first kappa shape index (κ1) is 29.4. The van der Waals surface area contributed by atoms with Gasteiger partial charge in [-0.25, -0.2) is 13.8 Å². The molecule has 1 aromatic heterocycles. The van der Waals surface area contributed by atoms with Crippen molar-refractivity contribution in [2.75, 3.05) is 7.11 Å². The number of benzene rings is 2. The molecule has 6 rings (SSSR count). The highest BCUT2D eigenvalue weighted by Crippen LogP contribution is 2.41. The first-order chi connectivity index (χ1) is 19.9. The van der Waals surface area contributed by atoms with E-state index in [1.807, 2.05) is 6.08 Å². The Morgan fingerprint density at radius 2 is 1.73 bits per heavy atom. The molecule has 5 heteroatoms. The van der Waals surface area contributed by atoms with Crippen molar-refractivity contribution >= 4 is 38.9 Å². The molecule has 0 aliphatic heterocycles. The minimum Gasteiger partial charge on any atom is -0.495 e. The van der Waals surface area contributed by atoms with Gasteiger partial charge in [0.15, 0.2) is 0 Å². The first-order valence-corrected chi connectivity index (χ1v) is 15.5. The van der Waals surface area contributed by atoms with Gasteiger partial charge in [0.25, 0.3) is 0 Å². The highest BCUT2D eigenvalue weighted by molar-refractivity contribution is 9.10. The summed E-state index contributed by atoms with van der Waals surface area (Å²) >= 11 is 3.66. The number of methoxy groups -OCH3 is 1. The van der Waals surface area contributed by atoms with E-state index in [-0.39, 0.29) is 0 Å². The number of halogens is 3. The average molecular weight is 619 g/mol. The zero-order valence-electron chi connectivity index (χ0n) is 24.0. The highest BCUT2D eigenvalue weighted by atomic mass is 79.9. The van der Waals surface area contributed by atoms with Gasteiger partial charge in [-0.05, 0) is 135 Å². The van der Waals surface area contributed by atoms with Gasteiger partial charge in [0, 0.05) is 16.1 Å². The lowest BCUT2D eigenvalue weighted by molar-refractivity contribution is 0.357. The van der Waals surface area contributed by atoms with E-state index in [0.717, 1.165) is 65.4 Å². The van der Waals surface area contributed by atoms with Gasteiger partial charge >= 0.3 is 0 Å². The van der Waals surface area contributed by atoms with E-state index in [1.54, 1.807) is 13.2 Å². The van der Waals surface area contributed by atoms with Crippen molar-refractivity contribution in [2.24, 2.45) is 5.92 Å². The Morgan fingerprint density at radius 1 is 0.976 bits per heavy atom. The lowest BCUT2D eigenvalue weighted by Gasteiger charge is -2.24. The zero-order chi connectivity index (χ0) is 28.9. The average Bonchev–Trinajstić information content (AvgIpc) is 3.78. The largest absolute Gasteiger partial charge is 0.495 e. The number of ether oxygens (including phenoxy) is 1. The molecule has 0 radical (unpaired) electrons. The molecule has 41 heavy (non-hydrogen) atoms. The van der Waals surface area contributed by atoms with Crippen molar-refractivity contribution in [1.29, 1.82) is 0 Å². The molecule has 2 nitrogen and oxygen atoms in total. The fraction of sp³-hybridized carbons (Fsp3) is 0.361. The van der Waals surface area contributed by atoms with E-state index < -0.39 is 11.6 Å². The van der Waals surface area contributed by atoms with Gasteiger partial charge < -0.3 is 4.74 Å². The summed E-state index contributed by atoms with van der Waals surface area (Å²) in [5, 5.41) is 0. The number of aromatic nitrogens is 1. The van der Waals surface area contributed by atoms with Crippen LogP contribution < -0.4 is 0 Å². The maximum atomic E-state index is 13.0. The molecule has 2 saturated carbocycles. The van der Waals surface area contributed by atoms with Crippen LogP contribution in [0.2, 0.25) is 0 Å². The number of hydrogen-bond acceptors (Lipinski definition) is 2. The molecule has 0 atom stereocenters. The molecule has 0 unspecified atom stereocenters. The van der Waals surface area contributed by atoms with Crippen LogP contribution in [-0.4, -0.2) is 12.1 Å². The first-order valence-electron chi connectivity index (χ1n) is 14.7. The molecule has 2 aromatic carbocycles. The van der Waals surface area contributed by atoms with Crippen molar-refractivity contribution in [1.82, 2.24) is 4.98 Å². The van der Waals surface area contributed by atoms with E-state index >= 15 is 0 Å². The molecule has 0 N–H and O–H groups in total. The third-order valence-electron chi connectivity index (χ3n) is 8.37. The maximum absolute atomic E-state index is 13.0. The molecule has 0 bridgehead atoms. The smallest absolute Gasteiger partial charge is 0.144 e. The topological polar surface area (TPSA) is 22.1 Å². The Morgan fingerprint density at radius 3 is 2.37 bits per heavy atom. The molecule has 0 spiro atoms. The minimum absolute atomic E-state index is 0.401. The van der Waals surface area contributed by atoms with Crippen LogP contribution in [-0.2, 0) is 11.2 Å². The van der Waals surface area contributed by atoms with E-state index in [9.17, 15) is 8.78 Å².